The first-order valence-corrected chi connectivity index (χ1v) is 4.54. The number of hydrogen-bond acceptors (Lipinski definition) is 2. The van der Waals surface area contributed by atoms with Crippen LogP contribution in [0.1, 0.15) is 37.1 Å². The van der Waals surface area contributed by atoms with Crippen LogP contribution >= 0.6 is 0 Å². The van der Waals surface area contributed by atoms with Crippen LogP contribution in [0.3, 0.4) is 0 Å². The van der Waals surface area contributed by atoms with E-state index < -0.39 is 18.4 Å². The van der Waals surface area contributed by atoms with Gasteiger partial charge >= 0.3 is 5.97 Å². The maximum atomic E-state index is 12.4. The summed E-state index contributed by atoms with van der Waals surface area (Å²) < 4.78 is 25.9. The molecule has 0 saturated carbocycles. The molecule has 0 fully saturated rings. The predicted octanol–water partition coefficient (Wildman–Crippen LogP) is 2.16. The summed E-state index contributed by atoms with van der Waals surface area (Å²) in [6.45, 7) is 3.15. The molecule has 0 saturated heterocycles. The molecule has 0 aliphatic heterocycles. The van der Waals surface area contributed by atoms with Gasteiger partial charge < -0.3 is 5.11 Å². The van der Waals surface area contributed by atoms with Crippen LogP contribution in [-0.2, 0) is 4.79 Å². The molecule has 1 heterocycles. The van der Waals surface area contributed by atoms with Crippen molar-refractivity contribution in [2.24, 2.45) is 0 Å². The van der Waals surface area contributed by atoms with Gasteiger partial charge in [-0.15, -0.1) is 0 Å². The molecule has 0 bridgehead atoms. The van der Waals surface area contributed by atoms with Gasteiger partial charge in [-0.3, -0.25) is 4.68 Å². The van der Waals surface area contributed by atoms with E-state index in [1.165, 1.54) is 13.1 Å². The topological polar surface area (TPSA) is 55.1 Å². The quantitative estimate of drug-likeness (QED) is 0.842. The number of carbonyl (C=O) groups is 1. The summed E-state index contributed by atoms with van der Waals surface area (Å²) in [5, 5.41) is 12.4. The number of rotatable bonds is 4. The number of halogens is 2. The number of aromatic nitrogens is 2. The first kappa shape index (κ1) is 11.6. The second-order valence-electron chi connectivity index (χ2n) is 3.24. The summed E-state index contributed by atoms with van der Waals surface area (Å²) in [7, 11) is 0. The van der Waals surface area contributed by atoms with Crippen molar-refractivity contribution in [2.75, 3.05) is 0 Å². The molecule has 1 unspecified atom stereocenters. The molecule has 6 heteroatoms. The molecular weight excluding hydrogens is 206 g/mol. The second kappa shape index (κ2) is 4.37. The fourth-order valence-corrected chi connectivity index (χ4v) is 1.35. The van der Waals surface area contributed by atoms with Gasteiger partial charge in [0.05, 0.1) is 0 Å². The number of aliphatic carboxylic acids is 1. The van der Waals surface area contributed by atoms with Crippen LogP contribution in [0.4, 0.5) is 8.78 Å². The summed E-state index contributed by atoms with van der Waals surface area (Å²) in [4.78, 5) is 10.8. The summed E-state index contributed by atoms with van der Waals surface area (Å²) in [5.41, 5.74) is -0.0422. The fourth-order valence-electron chi connectivity index (χ4n) is 1.35. The highest BCUT2D eigenvalue weighted by Crippen LogP contribution is 2.22. The van der Waals surface area contributed by atoms with E-state index in [4.69, 9.17) is 5.11 Å². The maximum absolute atomic E-state index is 12.4. The van der Waals surface area contributed by atoms with Gasteiger partial charge in [0.15, 0.2) is 0 Å². The molecule has 0 amide bonds. The fraction of sp³-hybridized carbons (Fsp3) is 0.556. The highest BCUT2D eigenvalue weighted by atomic mass is 19.3. The Morgan fingerprint density at radius 1 is 1.67 bits per heavy atom. The van der Waals surface area contributed by atoms with E-state index in [2.05, 4.69) is 5.10 Å². The van der Waals surface area contributed by atoms with Gasteiger partial charge in [0.2, 0.25) is 0 Å². The van der Waals surface area contributed by atoms with E-state index in [1.54, 1.807) is 6.92 Å². The summed E-state index contributed by atoms with van der Waals surface area (Å²) in [5.74, 6) is -1.07. The lowest BCUT2D eigenvalue weighted by Crippen LogP contribution is -2.18. The Balaban J connectivity index is 3.05. The molecule has 0 aromatic carbocycles. The Morgan fingerprint density at radius 2 is 2.27 bits per heavy atom. The molecular formula is C9H12F2N2O2. The maximum Gasteiger partial charge on any atom is 0.328 e. The first-order valence-electron chi connectivity index (χ1n) is 4.54. The smallest absolute Gasteiger partial charge is 0.328 e. The Kier molecular flexibility index (Phi) is 3.39. The zero-order valence-corrected chi connectivity index (χ0v) is 8.44. The normalized spacial score (nSPS) is 13.1. The van der Waals surface area contributed by atoms with Crippen LogP contribution in [0.2, 0.25) is 0 Å². The van der Waals surface area contributed by atoms with Crippen molar-refractivity contribution in [2.45, 2.75) is 32.7 Å². The van der Waals surface area contributed by atoms with Crippen LogP contribution in [-0.4, -0.2) is 20.9 Å². The lowest BCUT2D eigenvalue weighted by atomic mass is 10.2. The van der Waals surface area contributed by atoms with Crippen LogP contribution in [0.25, 0.3) is 0 Å². The van der Waals surface area contributed by atoms with Gasteiger partial charge in [-0.05, 0) is 18.9 Å². The molecule has 0 radical (unpaired) electrons. The molecule has 1 rings (SSSR count). The van der Waals surface area contributed by atoms with E-state index in [1.807, 2.05) is 0 Å². The van der Waals surface area contributed by atoms with Crippen molar-refractivity contribution in [1.82, 2.24) is 9.78 Å². The lowest BCUT2D eigenvalue weighted by molar-refractivity contribution is -0.141. The van der Waals surface area contributed by atoms with Gasteiger partial charge in [0.25, 0.3) is 6.43 Å². The SMILES string of the molecule is CCC(C(=O)O)n1cc(C)c(C(F)F)n1. The standard InChI is InChI=1S/C9H12F2N2O2/c1-3-6(9(14)15)13-4-5(2)7(12-13)8(10)11/h4,6,8H,3H2,1-2H3,(H,14,15). The minimum atomic E-state index is -2.67. The van der Waals surface area contributed by atoms with Crippen molar-refractivity contribution in [3.8, 4) is 0 Å². The minimum Gasteiger partial charge on any atom is -0.480 e. The van der Waals surface area contributed by atoms with E-state index in [0.29, 0.717) is 12.0 Å². The highest BCUT2D eigenvalue weighted by molar-refractivity contribution is 5.71. The highest BCUT2D eigenvalue weighted by Gasteiger charge is 2.22. The Hall–Kier alpha value is -1.46. The largest absolute Gasteiger partial charge is 0.480 e. The van der Waals surface area contributed by atoms with Gasteiger partial charge in [-0.25, -0.2) is 13.6 Å². The molecule has 15 heavy (non-hydrogen) atoms. The molecule has 0 aliphatic carbocycles. The average molecular weight is 218 g/mol. The molecule has 4 nitrogen and oxygen atoms in total. The van der Waals surface area contributed by atoms with Crippen molar-refractivity contribution in [1.29, 1.82) is 0 Å². The van der Waals surface area contributed by atoms with Gasteiger partial charge in [-0.2, -0.15) is 5.10 Å². The Morgan fingerprint density at radius 3 is 2.60 bits per heavy atom. The number of alkyl halides is 2. The lowest BCUT2D eigenvalue weighted by Gasteiger charge is -2.09. The van der Waals surface area contributed by atoms with Crippen molar-refractivity contribution >= 4 is 5.97 Å². The Labute approximate surface area is 85.5 Å². The zero-order valence-electron chi connectivity index (χ0n) is 8.44. The molecule has 0 aliphatic rings. The van der Waals surface area contributed by atoms with Crippen LogP contribution in [0, 0.1) is 6.92 Å². The summed E-state index contributed by atoms with van der Waals surface area (Å²) in [6, 6.07) is -0.879. The third-order valence-corrected chi connectivity index (χ3v) is 2.15. The predicted molar refractivity (Wildman–Crippen MR) is 48.9 cm³/mol. The van der Waals surface area contributed by atoms with Crippen LogP contribution in [0.15, 0.2) is 6.20 Å². The number of carboxylic acids is 1. The van der Waals surface area contributed by atoms with E-state index >= 15 is 0 Å². The van der Waals surface area contributed by atoms with Crippen LogP contribution < -0.4 is 0 Å². The van der Waals surface area contributed by atoms with E-state index in [0.717, 1.165) is 4.68 Å². The van der Waals surface area contributed by atoms with Crippen molar-refractivity contribution in [3.63, 3.8) is 0 Å². The molecule has 1 aromatic rings. The third-order valence-electron chi connectivity index (χ3n) is 2.15. The monoisotopic (exact) mass is 218 g/mol. The number of aryl methyl sites for hydroxylation is 1. The zero-order chi connectivity index (χ0) is 11.6. The van der Waals surface area contributed by atoms with Crippen molar-refractivity contribution in [3.05, 3.63) is 17.5 Å². The molecule has 84 valence electrons. The van der Waals surface area contributed by atoms with E-state index in [-0.39, 0.29) is 5.69 Å². The Bertz CT molecular complexity index is 363. The molecule has 0 spiro atoms. The molecule has 1 atom stereocenters. The number of nitrogens with zero attached hydrogens (tertiary/aromatic N) is 2. The van der Waals surface area contributed by atoms with Gasteiger partial charge in [-0.1, -0.05) is 6.92 Å². The third kappa shape index (κ3) is 2.31. The summed E-state index contributed by atoms with van der Waals surface area (Å²) >= 11 is 0. The number of hydrogen-bond donors (Lipinski definition) is 1. The van der Waals surface area contributed by atoms with Crippen LogP contribution in [0.5, 0.6) is 0 Å². The summed E-state index contributed by atoms with van der Waals surface area (Å²) in [6.07, 6.45) is -1.03. The number of carboxylic acid groups (broad SMARTS) is 1. The van der Waals surface area contributed by atoms with Crippen molar-refractivity contribution < 1.29 is 18.7 Å². The first-order chi connectivity index (χ1) is 6.97. The molecule has 1 N–H and O–H groups in total. The average Bonchev–Trinajstić information content (AvgIpc) is 2.48. The molecule has 1 aromatic heterocycles. The van der Waals surface area contributed by atoms with Gasteiger partial charge in [0, 0.05) is 6.20 Å². The minimum absolute atomic E-state index is 0.305. The van der Waals surface area contributed by atoms with Gasteiger partial charge in [0.1, 0.15) is 11.7 Å². The van der Waals surface area contributed by atoms with E-state index in [9.17, 15) is 13.6 Å². The second-order valence-corrected chi connectivity index (χ2v) is 3.24.